The third-order valence-electron chi connectivity index (χ3n) is 2.67. The molecule has 1 rings (SSSR count). The van der Waals surface area contributed by atoms with Crippen LogP contribution in [-0.4, -0.2) is 28.9 Å². The molecular weight excluding hydrogens is 244 g/mol. The Hall–Kier alpha value is -1.42. The smallest absolute Gasteiger partial charge is 0.227 e. The van der Waals surface area contributed by atoms with Gasteiger partial charge in [-0.3, -0.25) is 4.79 Å². The summed E-state index contributed by atoms with van der Waals surface area (Å²) in [6, 6.07) is 9.78. The van der Waals surface area contributed by atoms with Crippen molar-refractivity contribution < 1.29 is 4.79 Å². The van der Waals surface area contributed by atoms with Crippen LogP contribution in [0.2, 0.25) is 0 Å². The van der Waals surface area contributed by atoms with E-state index in [4.69, 9.17) is 18.0 Å². The lowest BCUT2D eigenvalue weighted by Gasteiger charge is -2.22. The molecule has 0 atom stereocenters. The van der Waals surface area contributed by atoms with E-state index in [0.717, 1.165) is 18.5 Å². The van der Waals surface area contributed by atoms with Crippen molar-refractivity contribution in [3.8, 4) is 0 Å². The molecule has 2 N–H and O–H groups in total. The number of carbonyl (C=O) groups is 1. The summed E-state index contributed by atoms with van der Waals surface area (Å²) in [5, 5.41) is 0. The maximum Gasteiger partial charge on any atom is 0.227 e. The monoisotopic (exact) mass is 264 g/mol. The highest BCUT2D eigenvalue weighted by Gasteiger charge is 2.13. The third-order valence-corrected chi connectivity index (χ3v) is 2.88. The van der Waals surface area contributed by atoms with Crippen LogP contribution in [0.3, 0.4) is 0 Å². The lowest BCUT2D eigenvalue weighted by molar-refractivity contribution is -0.130. The topological polar surface area (TPSA) is 46.3 Å². The van der Waals surface area contributed by atoms with Gasteiger partial charge in [0, 0.05) is 19.5 Å². The average molecular weight is 264 g/mol. The molecule has 1 amide bonds. The number of amides is 1. The molecule has 18 heavy (non-hydrogen) atoms. The van der Waals surface area contributed by atoms with Gasteiger partial charge in [0.25, 0.3) is 0 Å². The molecule has 0 aliphatic rings. The van der Waals surface area contributed by atoms with Gasteiger partial charge in [0.1, 0.15) is 0 Å². The van der Waals surface area contributed by atoms with E-state index >= 15 is 0 Å². The average Bonchev–Trinajstić information content (AvgIpc) is 2.35. The minimum Gasteiger partial charge on any atom is -0.393 e. The first kappa shape index (κ1) is 14.6. The van der Waals surface area contributed by atoms with Crippen LogP contribution in [0.4, 0.5) is 0 Å². The number of thiocarbonyl (C=S) groups is 1. The highest BCUT2D eigenvalue weighted by molar-refractivity contribution is 7.80. The highest BCUT2D eigenvalue weighted by atomic mass is 32.1. The summed E-state index contributed by atoms with van der Waals surface area (Å²) < 4.78 is 0. The molecule has 1 aromatic carbocycles. The van der Waals surface area contributed by atoms with Gasteiger partial charge in [-0.2, -0.15) is 0 Å². The molecule has 4 heteroatoms. The highest BCUT2D eigenvalue weighted by Crippen LogP contribution is 2.04. The van der Waals surface area contributed by atoms with E-state index in [1.807, 2.05) is 35.2 Å². The number of nitrogens with two attached hydrogens (primary N) is 1. The first-order chi connectivity index (χ1) is 8.63. The van der Waals surface area contributed by atoms with Gasteiger partial charge in [-0.15, -0.1) is 0 Å². The molecular formula is C14H20N2OS. The Balaban J connectivity index is 2.56. The van der Waals surface area contributed by atoms with Crippen molar-refractivity contribution in [3.05, 3.63) is 35.9 Å². The van der Waals surface area contributed by atoms with Gasteiger partial charge in [-0.25, -0.2) is 0 Å². The maximum atomic E-state index is 12.2. The molecule has 0 bridgehead atoms. The van der Waals surface area contributed by atoms with Crippen molar-refractivity contribution in [1.82, 2.24) is 4.90 Å². The van der Waals surface area contributed by atoms with E-state index < -0.39 is 0 Å². The zero-order valence-corrected chi connectivity index (χ0v) is 11.6. The van der Waals surface area contributed by atoms with Gasteiger partial charge in [-0.1, -0.05) is 49.5 Å². The van der Waals surface area contributed by atoms with Gasteiger partial charge in [0.05, 0.1) is 11.4 Å². The minimum absolute atomic E-state index is 0.138. The lowest BCUT2D eigenvalue weighted by Crippen LogP contribution is -2.35. The van der Waals surface area contributed by atoms with E-state index in [1.54, 1.807) is 0 Å². The molecule has 98 valence electrons. The van der Waals surface area contributed by atoms with Crippen molar-refractivity contribution in [2.75, 3.05) is 13.1 Å². The van der Waals surface area contributed by atoms with Crippen LogP contribution in [0, 0.1) is 0 Å². The molecule has 0 aliphatic carbocycles. The quantitative estimate of drug-likeness (QED) is 0.768. The van der Waals surface area contributed by atoms with Gasteiger partial charge < -0.3 is 10.6 Å². The maximum absolute atomic E-state index is 12.2. The fourth-order valence-electron chi connectivity index (χ4n) is 1.76. The summed E-state index contributed by atoms with van der Waals surface area (Å²) in [5.74, 6) is 0.138. The molecule has 0 fully saturated rings. The third kappa shape index (κ3) is 5.27. The normalized spacial score (nSPS) is 10.1. The van der Waals surface area contributed by atoms with Crippen LogP contribution in [0.1, 0.15) is 25.3 Å². The summed E-state index contributed by atoms with van der Waals surface area (Å²) in [7, 11) is 0. The number of nitrogens with zero attached hydrogens (tertiary/aromatic N) is 1. The summed E-state index contributed by atoms with van der Waals surface area (Å²) in [6.07, 6.45) is 1.98. The predicted octanol–water partition coefficient (Wildman–Crippen LogP) is 2.14. The molecule has 0 unspecified atom stereocenters. The SMILES string of the molecule is CCCN(CCC(N)=S)C(=O)Cc1ccccc1. The second-order valence-electron chi connectivity index (χ2n) is 4.26. The van der Waals surface area contributed by atoms with Crippen LogP contribution in [-0.2, 0) is 11.2 Å². The van der Waals surface area contributed by atoms with Crippen molar-refractivity contribution in [3.63, 3.8) is 0 Å². The van der Waals surface area contributed by atoms with Crippen LogP contribution >= 0.6 is 12.2 Å². The zero-order valence-electron chi connectivity index (χ0n) is 10.8. The van der Waals surface area contributed by atoms with Gasteiger partial charge in [0.15, 0.2) is 0 Å². The molecule has 0 aromatic heterocycles. The van der Waals surface area contributed by atoms with Crippen molar-refractivity contribution in [2.24, 2.45) is 5.73 Å². The Kier molecular flexibility index (Phi) is 6.36. The number of hydrogen-bond donors (Lipinski definition) is 1. The Labute approximate surface area is 114 Å². The first-order valence-corrected chi connectivity index (χ1v) is 6.64. The minimum atomic E-state index is 0.138. The predicted molar refractivity (Wildman–Crippen MR) is 78.4 cm³/mol. The Morgan fingerprint density at radius 3 is 2.50 bits per heavy atom. The number of hydrogen-bond acceptors (Lipinski definition) is 2. The molecule has 0 spiro atoms. The number of benzene rings is 1. The second-order valence-corrected chi connectivity index (χ2v) is 4.78. The van der Waals surface area contributed by atoms with Gasteiger partial charge in [-0.05, 0) is 12.0 Å². The van der Waals surface area contributed by atoms with Crippen LogP contribution < -0.4 is 5.73 Å². The molecule has 0 saturated heterocycles. The van der Waals surface area contributed by atoms with E-state index in [1.165, 1.54) is 0 Å². The van der Waals surface area contributed by atoms with Crippen LogP contribution in [0.5, 0.6) is 0 Å². The van der Waals surface area contributed by atoms with E-state index in [2.05, 4.69) is 6.92 Å². The summed E-state index contributed by atoms with van der Waals surface area (Å²) in [4.78, 5) is 14.5. The zero-order chi connectivity index (χ0) is 13.4. The van der Waals surface area contributed by atoms with Gasteiger partial charge >= 0.3 is 0 Å². The van der Waals surface area contributed by atoms with Gasteiger partial charge in [0.2, 0.25) is 5.91 Å². The molecule has 3 nitrogen and oxygen atoms in total. The Morgan fingerprint density at radius 1 is 1.28 bits per heavy atom. The Bertz CT molecular complexity index is 392. The molecule has 0 heterocycles. The molecule has 1 aromatic rings. The Morgan fingerprint density at radius 2 is 1.94 bits per heavy atom. The lowest BCUT2D eigenvalue weighted by atomic mass is 10.1. The van der Waals surface area contributed by atoms with Crippen LogP contribution in [0.25, 0.3) is 0 Å². The fourth-order valence-corrected chi connectivity index (χ4v) is 1.85. The van der Waals surface area contributed by atoms with E-state index in [9.17, 15) is 4.79 Å². The largest absolute Gasteiger partial charge is 0.393 e. The van der Waals surface area contributed by atoms with E-state index in [-0.39, 0.29) is 5.91 Å². The number of carbonyl (C=O) groups excluding carboxylic acids is 1. The summed E-state index contributed by atoms with van der Waals surface area (Å²) in [5.41, 5.74) is 6.52. The van der Waals surface area contributed by atoms with E-state index in [0.29, 0.717) is 24.4 Å². The summed E-state index contributed by atoms with van der Waals surface area (Å²) in [6.45, 7) is 3.44. The van der Waals surface area contributed by atoms with Crippen molar-refractivity contribution in [1.29, 1.82) is 0 Å². The van der Waals surface area contributed by atoms with Crippen molar-refractivity contribution >= 4 is 23.1 Å². The first-order valence-electron chi connectivity index (χ1n) is 6.23. The van der Waals surface area contributed by atoms with Crippen molar-refractivity contribution in [2.45, 2.75) is 26.2 Å². The fraction of sp³-hybridized carbons (Fsp3) is 0.429. The summed E-state index contributed by atoms with van der Waals surface area (Å²) >= 11 is 4.85. The standard InChI is InChI=1S/C14H20N2OS/c1-2-9-16(10-8-13(15)18)14(17)11-12-6-4-3-5-7-12/h3-7H,2,8-11H2,1H3,(H2,15,18). The second kappa shape index (κ2) is 7.82. The molecule has 0 radical (unpaired) electrons. The number of rotatable bonds is 7. The van der Waals surface area contributed by atoms with Crippen LogP contribution in [0.15, 0.2) is 30.3 Å². The molecule has 0 saturated carbocycles. The molecule has 0 aliphatic heterocycles.